The standard InChI is InChI=1S/C14H18BrNO2/c1-10(16-7-6-11(8-16)9-17)14(18)12-2-4-13(15)5-3-12/h2-5,10-11,17H,6-9H2,1H3. The zero-order valence-electron chi connectivity index (χ0n) is 10.5. The summed E-state index contributed by atoms with van der Waals surface area (Å²) in [6.07, 6.45) is 0.981. The first-order valence-electron chi connectivity index (χ1n) is 6.26. The fraction of sp³-hybridized carbons (Fsp3) is 0.500. The summed E-state index contributed by atoms with van der Waals surface area (Å²) < 4.78 is 0.980. The Morgan fingerprint density at radius 1 is 1.50 bits per heavy atom. The van der Waals surface area contributed by atoms with Crippen molar-refractivity contribution in [1.29, 1.82) is 0 Å². The predicted octanol–water partition coefficient (Wildman–Crippen LogP) is 2.33. The molecule has 1 aromatic carbocycles. The topological polar surface area (TPSA) is 40.5 Å². The summed E-state index contributed by atoms with van der Waals surface area (Å²) in [6.45, 7) is 3.88. The van der Waals surface area contributed by atoms with Crippen LogP contribution in [-0.2, 0) is 0 Å². The van der Waals surface area contributed by atoms with E-state index in [0.717, 1.165) is 29.5 Å². The second-order valence-corrected chi connectivity index (χ2v) is 5.80. The van der Waals surface area contributed by atoms with E-state index in [0.29, 0.717) is 5.92 Å². The normalized spacial score (nSPS) is 22.1. The molecule has 0 bridgehead atoms. The van der Waals surface area contributed by atoms with E-state index < -0.39 is 0 Å². The van der Waals surface area contributed by atoms with Gasteiger partial charge in [-0.15, -0.1) is 0 Å². The van der Waals surface area contributed by atoms with Crippen LogP contribution >= 0.6 is 15.9 Å². The molecule has 0 saturated carbocycles. The Morgan fingerprint density at radius 3 is 2.72 bits per heavy atom. The van der Waals surface area contributed by atoms with E-state index in [-0.39, 0.29) is 18.4 Å². The van der Waals surface area contributed by atoms with Gasteiger partial charge in [0.1, 0.15) is 0 Å². The van der Waals surface area contributed by atoms with Crippen molar-refractivity contribution in [1.82, 2.24) is 4.90 Å². The van der Waals surface area contributed by atoms with E-state index >= 15 is 0 Å². The summed E-state index contributed by atoms with van der Waals surface area (Å²) in [5.74, 6) is 0.478. The number of nitrogens with zero attached hydrogens (tertiary/aromatic N) is 1. The molecule has 2 unspecified atom stereocenters. The molecule has 1 saturated heterocycles. The van der Waals surface area contributed by atoms with Crippen LogP contribution in [0.25, 0.3) is 0 Å². The molecule has 1 aliphatic rings. The molecule has 1 heterocycles. The fourth-order valence-electron chi connectivity index (χ4n) is 2.38. The van der Waals surface area contributed by atoms with Crippen LogP contribution in [0.1, 0.15) is 23.7 Å². The van der Waals surface area contributed by atoms with Gasteiger partial charge in [-0.1, -0.05) is 28.1 Å². The van der Waals surface area contributed by atoms with E-state index in [1.165, 1.54) is 0 Å². The van der Waals surface area contributed by atoms with Crippen molar-refractivity contribution in [2.24, 2.45) is 5.92 Å². The fourth-order valence-corrected chi connectivity index (χ4v) is 2.65. The SMILES string of the molecule is CC(C(=O)c1ccc(Br)cc1)N1CCC(CO)C1. The highest BCUT2D eigenvalue weighted by Gasteiger charge is 2.29. The lowest BCUT2D eigenvalue weighted by molar-refractivity contribution is 0.0858. The second-order valence-electron chi connectivity index (χ2n) is 4.88. The minimum Gasteiger partial charge on any atom is -0.396 e. The summed E-state index contributed by atoms with van der Waals surface area (Å²) in [5, 5.41) is 9.13. The van der Waals surface area contributed by atoms with Gasteiger partial charge < -0.3 is 5.11 Å². The van der Waals surface area contributed by atoms with Crippen LogP contribution in [0.5, 0.6) is 0 Å². The molecule has 1 aliphatic heterocycles. The molecular weight excluding hydrogens is 294 g/mol. The molecule has 1 aromatic rings. The minimum absolute atomic E-state index is 0.109. The van der Waals surface area contributed by atoms with Crippen molar-refractivity contribution in [3.8, 4) is 0 Å². The molecule has 0 radical (unpaired) electrons. The quantitative estimate of drug-likeness (QED) is 0.868. The van der Waals surface area contributed by atoms with E-state index in [1.54, 1.807) is 0 Å². The van der Waals surface area contributed by atoms with Crippen LogP contribution in [-0.4, -0.2) is 41.5 Å². The summed E-state index contributed by atoms with van der Waals surface area (Å²) in [5.41, 5.74) is 0.748. The van der Waals surface area contributed by atoms with Crippen LogP contribution in [0.15, 0.2) is 28.7 Å². The van der Waals surface area contributed by atoms with Gasteiger partial charge >= 0.3 is 0 Å². The first-order valence-corrected chi connectivity index (χ1v) is 7.06. The first-order chi connectivity index (χ1) is 8.61. The van der Waals surface area contributed by atoms with Crippen molar-refractivity contribution < 1.29 is 9.90 Å². The van der Waals surface area contributed by atoms with Crippen LogP contribution in [0.4, 0.5) is 0 Å². The molecule has 18 heavy (non-hydrogen) atoms. The van der Waals surface area contributed by atoms with Gasteiger partial charge in [0.25, 0.3) is 0 Å². The van der Waals surface area contributed by atoms with Crippen molar-refractivity contribution in [2.45, 2.75) is 19.4 Å². The van der Waals surface area contributed by atoms with Gasteiger partial charge in [0, 0.05) is 23.2 Å². The summed E-state index contributed by atoms with van der Waals surface area (Å²) >= 11 is 3.37. The highest BCUT2D eigenvalue weighted by atomic mass is 79.9. The molecule has 0 aliphatic carbocycles. The maximum Gasteiger partial charge on any atom is 0.179 e. The number of carbonyl (C=O) groups is 1. The van der Waals surface area contributed by atoms with Crippen LogP contribution in [0.2, 0.25) is 0 Å². The number of likely N-dealkylation sites (tertiary alicyclic amines) is 1. The largest absolute Gasteiger partial charge is 0.396 e. The molecule has 2 rings (SSSR count). The number of aliphatic hydroxyl groups is 1. The number of halogens is 1. The zero-order valence-corrected chi connectivity index (χ0v) is 12.1. The highest BCUT2D eigenvalue weighted by Crippen LogP contribution is 2.20. The second kappa shape index (κ2) is 5.95. The molecule has 1 fully saturated rings. The Labute approximate surface area is 116 Å². The Balaban J connectivity index is 2.03. The van der Waals surface area contributed by atoms with Crippen LogP contribution in [0.3, 0.4) is 0 Å². The van der Waals surface area contributed by atoms with Gasteiger partial charge in [-0.2, -0.15) is 0 Å². The Morgan fingerprint density at radius 2 is 2.17 bits per heavy atom. The van der Waals surface area contributed by atoms with E-state index in [2.05, 4.69) is 20.8 Å². The number of carbonyl (C=O) groups excluding carboxylic acids is 1. The third-order valence-corrected chi connectivity index (χ3v) is 4.16. The number of Topliss-reactive ketones (excluding diaryl/α,β-unsaturated/α-hetero) is 1. The average molecular weight is 312 g/mol. The Kier molecular flexibility index (Phi) is 4.54. The lowest BCUT2D eigenvalue weighted by atomic mass is 10.0. The number of benzene rings is 1. The summed E-state index contributed by atoms with van der Waals surface area (Å²) in [6, 6.07) is 7.37. The van der Waals surface area contributed by atoms with E-state index in [4.69, 9.17) is 5.11 Å². The van der Waals surface area contributed by atoms with Crippen molar-refractivity contribution >= 4 is 21.7 Å². The molecule has 3 nitrogen and oxygen atoms in total. The number of rotatable bonds is 4. The van der Waals surface area contributed by atoms with Gasteiger partial charge in [0.05, 0.1) is 6.04 Å². The lowest BCUT2D eigenvalue weighted by Crippen LogP contribution is -2.37. The third-order valence-electron chi connectivity index (χ3n) is 3.63. The Bertz CT molecular complexity index is 418. The van der Waals surface area contributed by atoms with Gasteiger partial charge in [-0.25, -0.2) is 0 Å². The lowest BCUT2D eigenvalue weighted by Gasteiger charge is -2.23. The third kappa shape index (κ3) is 2.99. The van der Waals surface area contributed by atoms with Crippen molar-refractivity contribution in [2.75, 3.05) is 19.7 Å². The number of aliphatic hydroxyl groups excluding tert-OH is 1. The zero-order chi connectivity index (χ0) is 13.1. The smallest absolute Gasteiger partial charge is 0.179 e. The molecular formula is C14H18BrNO2. The van der Waals surface area contributed by atoms with Crippen LogP contribution in [0, 0.1) is 5.92 Å². The summed E-state index contributed by atoms with van der Waals surface area (Å²) in [7, 11) is 0. The minimum atomic E-state index is -0.109. The monoisotopic (exact) mass is 311 g/mol. The number of hydrogen-bond acceptors (Lipinski definition) is 3. The van der Waals surface area contributed by atoms with E-state index in [9.17, 15) is 4.79 Å². The number of ketones is 1. The maximum atomic E-state index is 12.3. The molecule has 0 amide bonds. The first kappa shape index (κ1) is 13.7. The van der Waals surface area contributed by atoms with Crippen LogP contribution < -0.4 is 0 Å². The van der Waals surface area contributed by atoms with Crippen molar-refractivity contribution in [3.05, 3.63) is 34.3 Å². The van der Waals surface area contributed by atoms with Gasteiger partial charge in [-0.05, 0) is 37.9 Å². The molecule has 2 atom stereocenters. The Hall–Kier alpha value is -0.710. The summed E-state index contributed by atoms with van der Waals surface area (Å²) in [4.78, 5) is 14.5. The van der Waals surface area contributed by atoms with Gasteiger partial charge in [0.2, 0.25) is 0 Å². The molecule has 0 spiro atoms. The predicted molar refractivity (Wildman–Crippen MR) is 74.7 cm³/mol. The molecule has 1 N–H and O–H groups in total. The number of hydrogen-bond donors (Lipinski definition) is 1. The molecule has 98 valence electrons. The maximum absolute atomic E-state index is 12.3. The van der Waals surface area contributed by atoms with Gasteiger partial charge in [-0.3, -0.25) is 9.69 Å². The molecule has 4 heteroatoms. The van der Waals surface area contributed by atoms with Crippen molar-refractivity contribution in [3.63, 3.8) is 0 Å². The van der Waals surface area contributed by atoms with Gasteiger partial charge in [0.15, 0.2) is 5.78 Å². The highest BCUT2D eigenvalue weighted by molar-refractivity contribution is 9.10. The molecule has 0 aromatic heterocycles. The van der Waals surface area contributed by atoms with E-state index in [1.807, 2.05) is 31.2 Å². The average Bonchev–Trinajstić information content (AvgIpc) is 2.86.